The van der Waals surface area contributed by atoms with Crippen LogP contribution < -0.4 is 0 Å². The third-order valence-electron chi connectivity index (χ3n) is 1.03. The molecule has 0 N–H and O–H groups in total. The number of rotatable bonds is 4. The van der Waals surface area contributed by atoms with Crippen LogP contribution in [-0.2, 0) is 21.4 Å². The Kier molecular flexibility index (Phi) is 4.10. The van der Waals surface area contributed by atoms with Gasteiger partial charge in [-0.3, -0.25) is 0 Å². The zero-order valence-corrected chi connectivity index (χ0v) is 7.48. The molecule has 0 heterocycles. The highest BCUT2D eigenvalue weighted by atomic mass is 32.2. The van der Waals surface area contributed by atoms with Gasteiger partial charge in [0.2, 0.25) is 4.58 Å². The third kappa shape index (κ3) is 2.79. The zero-order valence-electron chi connectivity index (χ0n) is 5.69. The fourth-order valence-corrected chi connectivity index (χ4v) is 1.87. The van der Waals surface area contributed by atoms with E-state index in [1.54, 1.807) is 0 Å². The first-order valence-corrected chi connectivity index (χ1v) is 5.13. The summed E-state index contributed by atoms with van der Waals surface area (Å²) in [5, 5.41) is 0. The summed E-state index contributed by atoms with van der Waals surface area (Å²) in [5.41, 5.74) is 0. The lowest BCUT2D eigenvalue weighted by atomic mass is 10.4. The van der Waals surface area contributed by atoms with Gasteiger partial charge >= 0.3 is 12.3 Å². The van der Waals surface area contributed by atoms with Crippen LogP contribution in [0.25, 0.3) is 0 Å². The minimum absolute atomic E-state index is 3.35. The van der Waals surface area contributed by atoms with Gasteiger partial charge in [-0.1, -0.05) is 0 Å². The molecule has 0 aliphatic carbocycles. The van der Waals surface area contributed by atoms with E-state index in [4.69, 9.17) is 0 Å². The Bertz CT molecular complexity index is 281. The number of hydrogen-bond donors (Lipinski definition) is 2. The Morgan fingerprint density at radius 3 is 1.31 bits per heavy atom. The fraction of sp³-hybridized carbons (Fsp3) is 1.00. The summed E-state index contributed by atoms with van der Waals surface area (Å²) in [4.78, 5) is 0. The van der Waals surface area contributed by atoms with Crippen molar-refractivity contribution in [2.45, 2.75) is 16.9 Å². The van der Waals surface area contributed by atoms with Crippen molar-refractivity contribution < 1.29 is 34.4 Å². The highest BCUT2D eigenvalue weighted by Gasteiger charge is 2.53. The van der Waals surface area contributed by atoms with Gasteiger partial charge in [-0.25, -0.2) is 25.6 Å². The molecule has 0 aromatic rings. The second kappa shape index (κ2) is 4.22. The first-order valence-electron chi connectivity index (χ1n) is 2.64. The van der Waals surface area contributed by atoms with Crippen molar-refractivity contribution in [3.05, 3.63) is 0 Å². The van der Waals surface area contributed by atoms with Crippen molar-refractivity contribution in [2.24, 2.45) is 0 Å². The molecule has 0 fully saturated rings. The maximum Gasteiger partial charge on any atom is 0.337 e. The predicted molar refractivity (Wildman–Crippen MR) is 35.4 cm³/mol. The zero-order chi connectivity index (χ0) is 10.8. The third-order valence-corrected chi connectivity index (χ3v) is 3.65. The van der Waals surface area contributed by atoms with E-state index in [2.05, 4.69) is 0 Å². The van der Waals surface area contributed by atoms with Gasteiger partial charge in [0, 0.05) is 0 Å². The molecule has 4 nitrogen and oxygen atoms in total. The molecule has 0 spiro atoms. The molecule has 0 saturated carbocycles. The summed E-state index contributed by atoms with van der Waals surface area (Å²) < 4.78 is 83.8. The van der Waals surface area contributed by atoms with E-state index in [1.165, 1.54) is 0 Å². The number of halogens is 4. The van der Waals surface area contributed by atoms with E-state index in [1.807, 2.05) is 0 Å². The quantitative estimate of drug-likeness (QED) is 0.513. The first kappa shape index (κ1) is 12.6. The lowest BCUT2D eigenvalue weighted by Crippen LogP contribution is -2.42. The van der Waals surface area contributed by atoms with Crippen molar-refractivity contribution in [1.82, 2.24) is 0 Å². The summed E-state index contributed by atoms with van der Waals surface area (Å²) >= 11 is 0. The average Bonchev–Trinajstić information content (AvgIpc) is 1.82. The smallest absolute Gasteiger partial charge is 0.230 e. The minimum atomic E-state index is -5.07. The summed E-state index contributed by atoms with van der Waals surface area (Å²) in [6.45, 7) is 0. The highest BCUT2D eigenvalue weighted by molar-refractivity contribution is 7.91. The summed E-state index contributed by atoms with van der Waals surface area (Å²) in [6.07, 6.45) is -4.33. The van der Waals surface area contributed by atoms with Crippen LogP contribution in [0.2, 0.25) is 0 Å². The SMILES string of the molecule is O=[SH](=O)C([SH](=O)=O)C(F)(F)C(F)F. The Morgan fingerprint density at radius 1 is 0.923 bits per heavy atom. The molecule has 0 rings (SSSR count). The van der Waals surface area contributed by atoms with E-state index < -0.39 is 38.3 Å². The molecule has 0 saturated heterocycles. The summed E-state index contributed by atoms with van der Waals surface area (Å²) in [6, 6.07) is 0. The van der Waals surface area contributed by atoms with Gasteiger partial charge in [-0.2, -0.15) is 8.78 Å². The lowest BCUT2D eigenvalue weighted by Gasteiger charge is -2.16. The molecule has 0 aromatic heterocycles. The Balaban J connectivity index is 5.19. The second-order valence-electron chi connectivity index (χ2n) is 1.92. The molecular weight excluding hydrogens is 240 g/mol. The molecule has 0 aromatic carbocycles. The van der Waals surface area contributed by atoms with Crippen LogP contribution in [0.1, 0.15) is 0 Å². The molecular formula is C3H4F4O4S2. The molecule has 0 unspecified atom stereocenters. The molecule has 0 amide bonds. The normalized spacial score (nSPS) is 13.5. The van der Waals surface area contributed by atoms with Gasteiger partial charge < -0.3 is 0 Å². The standard InChI is InChI=1S/C3H4F4O4S2/c4-1(5)3(6,7)2(12(8)9)13(10)11/h1-2,12-13H. The fourth-order valence-electron chi connectivity index (χ4n) is 0.471. The van der Waals surface area contributed by atoms with Crippen LogP contribution in [-0.4, -0.2) is 33.8 Å². The van der Waals surface area contributed by atoms with Gasteiger partial charge in [-0.15, -0.1) is 0 Å². The van der Waals surface area contributed by atoms with Crippen LogP contribution in [0.4, 0.5) is 17.6 Å². The van der Waals surface area contributed by atoms with E-state index >= 15 is 0 Å². The van der Waals surface area contributed by atoms with Crippen molar-refractivity contribution >= 4 is 21.4 Å². The Morgan fingerprint density at radius 2 is 1.23 bits per heavy atom. The number of thiol groups is 2. The Hall–Kier alpha value is -0.380. The van der Waals surface area contributed by atoms with Crippen molar-refractivity contribution in [3.63, 3.8) is 0 Å². The van der Waals surface area contributed by atoms with Gasteiger partial charge in [-0.05, 0) is 0 Å². The highest BCUT2D eigenvalue weighted by Crippen LogP contribution is 2.29. The van der Waals surface area contributed by atoms with Crippen LogP contribution in [0.5, 0.6) is 0 Å². The van der Waals surface area contributed by atoms with Gasteiger partial charge in [0.1, 0.15) is 0 Å². The van der Waals surface area contributed by atoms with E-state index in [0.717, 1.165) is 0 Å². The van der Waals surface area contributed by atoms with Crippen LogP contribution in [0.15, 0.2) is 0 Å². The molecule has 13 heavy (non-hydrogen) atoms. The Labute approximate surface area is 73.4 Å². The van der Waals surface area contributed by atoms with Gasteiger partial charge in [0.05, 0.1) is 0 Å². The number of alkyl halides is 4. The maximum atomic E-state index is 12.2. The van der Waals surface area contributed by atoms with Gasteiger partial charge in [0.25, 0.3) is 0 Å². The number of hydrogen-bond acceptors (Lipinski definition) is 4. The van der Waals surface area contributed by atoms with Crippen molar-refractivity contribution in [3.8, 4) is 0 Å². The van der Waals surface area contributed by atoms with Crippen LogP contribution in [0.3, 0.4) is 0 Å². The largest absolute Gasteiger partial charge is 0.337 e. The first-order chi connectivity index (χ1) is 5.71. The van der Waals surface area contributed by atoms with Crippen LogP contribution in [0, 0.1) is 0 Å². The molecule has 0 atom stereocenters. The lowest BCUT2D eigenvalue weighted by molar-refractivity contribution is -0.116. The molecule has 80 valence electrons. The van der Waals surface area contributed by atoms with E-state index in [-0.39, 0.29) is 0 Å². The maximum absolute atomic E-state index is 12.2. The average molecular weight is 244 g/mol. The molecule has 0 aliphatic rings. The molecule has 0 radical (unpaired) electrons. The van der Waals surface area contributed by atoms with E-state index in [9.17, 15) is 34.4 Å². The topological polar surface area (TPSA) is 68.3 Å². The van der Waals surface area contributed by atoms with E-state index in [0.29, 0.717) is 0 Å². The summed E-state index contributed by atoms with van der Waals surface area (Å²) in [7, 11) is -8.30. The predicted octanol–water partition coefficient (Wildman–Crippen LogP) is -0.564. The minimum Gasteiger partial charge on any atom is -0.230 e. The molecule has 0 bridgehead atoms. The van der Waals surface area contributed by atoms with Crippen LogP contribution >= 0.6 is 0 Å². The second-order valence-corrected chi connectivity index (χ2v) is 4.50. The molecule has 0 aliphatic heterocycles. The molecule has 10 heteroatoms. The summed E-state index contributed by atoms with van der Waals surface area (Å²) in [5.74, 6) is -5.07. The van der Waals surface area contributed by atoms with Gasteiger partial charge in [0.15, 0.2) is 21.4 Å². The van der Waals surface area contributed by atoms with Crippen molar-refractivity contribution in [1.29, 1.82) is 0 Å². The monoisotopic (exact) mass is 244 g/mol. The van der Waals surface area contributed by atoms with Crippen molar-refractivity contribution in [2.75, 3.05) is 0 Å².